The molecule has 2 amide bonds. The molecule has 1 aromatic heterocycles. The summed E-state index contributed by atoms with van der Waals surface area (Å²) >= 11 is 0. The lowest BCUT2D eigenvalue weighted by Crippen LogP contribution is -2.36. The van der Waals surface area contributed by atoms with Gasteiger partial charge in [-0.25, -0.2) is 9.78 Å². The fourth-order valence-corrected chi connectivity index (χ4v) is 4.39. The van der Waals surface area contributed by atoms with E-state index in [0.717, 1.165) is 55.0 Å². The summed E-state index contributed by atoms with van der Waals surface area (Å²) in [4.78, 5) is 21.1. The number of hydrogen-bond donors (Lipinski definition) is 1. The van der Waals surface area contributed by atoms with E-state index in [2.05, 4.69) is 74.4 Å². The van der Waals surface area contributed by atoms with Gasteiger partial charge in [0.1, 0.15) is 0 Å². The number of aromatic nitrogens is 2. The molecular formula is C28H31N5O2. The Morgan fingerprint density at radius 2 is 1.63 bits per heavy atom. The molecule has 1 saturated heterocycles. The zero-order valence-corrected chi connectivity index (χ0v) is 20.1. The Labute approximate surface area is 205 Å². The number of carbonyl (C=O) groups is 1. The van der Waals surface area contributed by atoms with Gasteiger partial charge in [-0.2, -0.15) is 0 Å². The number of benzene rings is 3. The van der Waals surface area contributed by atoms with Gasteiger partial charge < -0.3 is 24.4 Å². The zero-order valence-electron chi connectivity index (χ0n) is 20.1. The number of amides is 2. The predicted molar refractivity (Wildman–Crippen MR) is 138 cm³/mol. The van der Waals surface area contributed by atoms with E-state index in [4.69, 9.17) is 4.74 Å². The van der Waals surface area contributed by atoms with E-state index >= 15 is 0 Å². The van der Waals surface area contributed by atoms with Crippen LogP contribution in [0.25, 0.3) is 11.0 Å². The number of para-hydroxylation sites is 2. The van der Waals surface area contributed by atoms with Gasteiger partial charge in [0.25, 0.3) is 0 Å². The van der Waals surface area contributed by atoms with Crippen LogP contribution in [0.2, 0.25) is 0 Å². The fraction of sp³-hybridized carbons (Fsp3) is 0.286. The van der Waals surface area contributed by atoms with Crippen molar-refractivity contribution in [1.82, 2.24) is 19.8 Å². The molecule has 1 N–H and O–H groups in total. The minimum atomic E-state index is -0.0868. The molecular weight excluding hydrogens is 438 g/mol. The molecule has 5 rings (SSSR count). The summed E-state index contributed by atoms with van der Waals surface area (Å²) < 4.78 is 7.57. The maximum absolute atomic E-state index is 12.6. The average molecular weight is 470 g/mol. The summed E-state index contributed by atoms with van der Waals surface area (Å²) in [6, 6.07) is 24.8. The second-order valence-corrected chi connectivity index (χ2v) is 8.96. The molecule has 1 aliphatic rings. The van der Waals surface area contributed by atoms with Gasteiger partial charge in [0.05, 0.1) is 30.6 Å². The zero-order chi connectivity index (χ0) is 24.0. The third-order valence-corrected chi connectivity index (χ3v) is 6.43. The maximum atomic E-state index is 12.6. The summed E-state index contributed by atoms with van der Waals surface area (Å²) in [5.74, 6) is 0. The monoisotopic (exact) mass is 469 g/mol. The number of nitrogens with zero attached hydrogens (tertiary/aromatic N) is 4. The Balaban J connectivity index is 1.10. The first kappa shape index (κ1) is 22.9. The molecule has 2 heterocycles. The van der Waals surface area contributed by atoms with Crippen molar-refractivity contribution in [1.29, 1.82) is 0 Å². The number of ether oxygens (including phenoxy) is 1. The smallest absolute Gasteiger partial charge is 0.317 e. The summed E-state index contributed by atoms with van der Waals surface area (Å²) in [5, 5.41) is 3.02. The number of urea groups is 1. The highest BCUT2D eigenvalue weighted by Crippen LogP contribution is 2.18. The summed E-state index contributed by atoms with van der Waals surface area (Å²) in [7, 11) is 1.82. The van der Waals surface area contributed by atoms with E-state index < -0.39 is 0 Å². The number of nitrogens with one attached hydrogen (secondary N) is 1. The van der Waals surface area contributed by atoms with Crippen molar-refractivity contribution < 1.29 is 9.53 Å². The summed E-state index contributed by atoms with van der Waals surface area (Å²) in [5.41, 5.74) is 6.71. The van der Waals surface area contributed by atoms with E-state index in [1.165, 1.54) is 11.3 Å². The lowest BCUT2D eigenvalue weighted by atomic mass is 10.1. The maximum Gasteiger partial charge on any atom is 0.317 e. The SMILES string of the molecule is CN(Cc1ccc(N2CCOCC2)cc1)C(=O)NCc1ccc(Cn2cnc3ccccc32)cc1. The van der Waals surface area contributed by atoms with E-state index in [1.807, 2.05) is 31.6 Å². The van der Waals surface area contributed by atoms with E-state index in [9.17, 15) is 4.79 Å². The topological polar surface area (TPSA) is 62.6 Å². The molecule has 0 aliphatic carbocycles. The van der Waals surface area contributed by atoms with Gasteiger partial charge >= 0.3 is 6.03 Å². The van der Waals surface area contributed by atoms with Crippen LogP contribution in [0.15, 0.2) is 79.1 Å². The Morgan fingerprint density at radius 1 is 0.943 bits per heavy atom. The molecule has 180 valence electrons. The summed E-state index contributed by atoms with van der Waals surface area (Å²) in [6.45, 7) is 5.21. The van der Waals surface area contributed by atoms with Gasteiger partial charge in [0.2, 0.25) is 0 Å². The molecule has 7 nitrogen and oxygen atoms in total. The van der Waals surface area contributed by atoms with Crippen LogP contribution >= 0.6 is 0 Å². The minimum absolute atomic E-state index is 0.0868. The van der Waals surface area contributed by atoms with Crippen LogP contribution < -0.4 is 10.2 Å². The van der Waals surface area contributed by atoms with Crippen LogP contribution in [0.4, 0.5) is 10.5 Å². The molecule has 0 bridgehead atoms. The number of imidazole rings is 1. The standard InChI is InChI=1S/C28H31N5O2/c1-31(19-23-10-12-25(13-11-23)32-14-16-35-17-15-32)28(34)29-18-22-6-8-24(9-7-22)20-33-21-30-26-4-2-3-5-27(26)33/h2-13,21H,14-20H2,1H3,(H,29,34). The van der Waals surface area contributed by atoms with Crippen LogP contribution in [0.3, 0.4) is 0 Å². The molecule has 7 heteroatoms. The third-order valence-electron chi connectivity index (χ3n) is 6.43. The van der Waals surface area contributed by atoms with Gasteiger partial charge in [0.15, 0.2) is 0 Å². The van der Waals surface area contributed by atoms with Crippen molar-refractivity contribution in [3.05, 3.63) is 95.8 Å². The number of rotatable bonds is 7. The molecule has 0 unspecified atom stereocenters. The van der Waals surface area contributed by atoms with Gasteiger partial charge in [-0.15, -0.1) is 0 Å². The summed E-state index contributed by atoms with van der Waals surface area (Å²) in [6.07, 6.45) is 1.88. The van der Waals surface area contributed by atoms with Gasteiger partial charge in [-0.1, -0.05) is 48.5 Å². The number of anilines is 1. The molecule has 35 heavy (non-hydrogen) atoms. The first-order valence-corrected chi connectivity index (χ1v) is 12.0. The molecule has 4 aromatic rings. The van der Waals surface area contributed by atoms with Crippen molar-refractivity contribution in [2.45, 2.75) is 19.6 Å². The fourth-order valence-electron chi connectivity index (χ4n) is 4.39. The highest BCUT2D eigenvalue weighted by atomic mass is 16.5. The molecule has 0 radical (unpaired) electrons. The van der Waals surface area contributed by atoms with E-state index in [1.54, 1.807) is 4.90 Å². The quantitative estimate of drug-likeness (QED) is 0.439. The minimum Gasteiger partial charge on any atom is -0.378 e. The second-order valence-electron chi connectivity index (χ2n) is 8.96. The van der Waals surface area contributed by atoms with Crippen molar-refractivity contribution in [2.75, 3.05) is 38.3 Å². The van der Waals surface area contributed by atoms with Gasteiger partial charge in [-0.05, 0) is 41.0 Å². The van der Waals surface area contributed by atoms with Crippen LogP contribution in [0, 0.1) is 0 Å². The van der Waals surface area contributed by atoms with Crippen LogP contribution in [0.1, 0.15) is 16.7 Å². The Morgan fingerprint density at radius 3 is 2.40 bits per heavy atom. The lowest BCUT2D eigenvalue weighted by molar-refractivity contribution is 0.122. The number of fused-ring (bicyclic) bond motifs is 1. The highest BCUT2D eigenvalue weighted by molar-refractivity contribution is 5.75. The van der Waals surface area contributed by atoms with Crippen molar-refractivity contribution >= 4 is 22.8 Å². The third kappa shape index (κ3) is 5.63. The number of morpholine rings is 1. The first-order chi connectivity index (χ1) is 17.2. The Hall–Kier alpha value is -3.84. The Bertz CT molecular complexity index is 1260. The first-order valence-electron chi connectivity index (χ1n) is 12.0. The molecule has 1 fully saturated rings. The number of carbonyl (C=O) groups excluding carboxylic acids is 1. The van der Waals surface area contributed by atoms with E-state index in [0.29, 0.717) is 13.1 Å². The van der Waals surface area contributed by atoms with Crippen molar-refractivity contribution in [2.24, 2.45) is 0 Å². The molecule has 0 atom stereocenters. The molecule has 0 spiro atoms. The normalized spacial score (nSPS) is 13.7. The number of hydrogen-bond acceptors (Lipinski definition) is 4. The van der Waals surface area contributed by atoms with Crippen molar-refractivity contribution in [3.63, 3.8) is 0 Å². The Kier molecular flexibility index (Phi) is 6.95. The van der Waals surface area contributed by atoms with Crippen LogP contribution in [-0.2, 0) is 24.4 Å². The van der Waals surface area contributed by atoms with Crippen LogP contribution in [-0.4, -0.2) is 53.8 Å². The van der Waals surface area contributed by atoms with Gasteiger partial charge in [0, 0.05) is 45.5 Å². The predicted octanol–water partition coefficient (Wildman–Crippen LogP) is 4.26. The molecule has 3 aromatic carbocycles. The average Bonchev–Trinajstić information content (AvgIpc) is 3.31. The van der Waals surface area contributed by atoms with Crippen molar-refractivity contribution in [3.8, 4) is 0 Å². The van der Waals surface area contributed by atoms with Gasteiger partial charge in [-0.3, -0.25) is 0 Å². The largest absolute Gasteiger partial charge is 0.378 e. The van der Waals surface area contributed by atoms with Crippen LogP contribution in [0.5, 0.6) is 0 Å². The lowest BCUT2D eigenvalue weighted by Gasteiger charge is -2.29. The molecule has 1 aliphatic heterocycles. The molecule has 0 saturated carbocycles. The highest BCUT2D eigenvalue weighted by Gasteiger charge is 2.12. The van der Waals surface area contributed by atoms with E-state index in [-0.39, 0.29) is 6.03 Å². The second kappa shape index (κ2) is 10.6.